The van der Waals surface area contributed by atoms with E-state index in [1.165, 1.54) is 11.1 Å². The van der Waals surface area contributed by atoms with E-state index < -0.39 is 0 Å². The maximum absolute atomic E-state index is 12.7. The number of nitrogens with one attached hydrogen (secondary N) is 1. The lowest BCUT2D eigenvalue weighted by Crippen LogP contribution is -2.23. The fourth-order valence-corrected chi connectivity index (χ4v) is 4.53. The predicted octanol–water partition coefficient (Wildman–Crippen LogP) is 5.61. The molecule has 4 aromatic rings. The Kier molecular flexibility index (Phi) is 7.20. The first-order chi connectivity index (χ1) is 16.8. The summed E-state index contributed by atoms with van der Waals surface area (Å²) in [6.07, 6.45) is 0.918. The monoisotopic (exact) mass is 470 g/mol. The van der Waals surface area contributed by atoms with Crippen molar-refractivity contribution in [3.63, 3.8) is 0 Å². The van der Waals surface area contributed by atoms with Gasteiger partial charge in [0.2, 0.25) is 11.8 Å². The van der Waals surface area contributed by atoms with Gasteiger partial charge in [-0.1, -0.05) is 35.9 Å². The number of rotatable bonds is 8. The number of hydrogen-bond donors (Lipinski definition) is 1. The van der Waals surface area contributed by atoms with Gasteiger partial charge in [0, 0.05) is 23.9 Å². The molecule has 0 atom stereocenters. The van der Waals surface area contributed by atoms with Crippen molar-refractivity contribution in [2.75, 3.05) is 6.61 Å². The quantitative estimate of drug-likeness (QED) is 0.363. The minimum atomic E-state index is 0.0139. The molecule has 182 valence electrons. The molecule has 2 aromatic heterocycles. The summed E-state index contributed by atoms with van der Waals surface area (Å²) < 4.78 is 7.84. The number of carbonyl (C=O) groups excluding carboxylic acids is 1. The molecule has 0 aliphatic heterocycles. The van der Waals surface area contributed by atoms with Crippen molar-refractivity contribution in [1.29, 1.82) is 0 Å². The number of carbonyl (C=O) groups is 1. The van der Waals surface area contributed by atoms with Crippen LogP contribution < -0.4 is 10.1 Å². The van der Waals surface area contributed by atoms with Gasteiger partial charge in [-0.25, -0.2) is 4.68 Å². The first-order valence-corrected chi connectivity index (χ1v) is 12.2. The molecular formula is C29H34N4O2. The van der Waals surface area contributed by atoms with Gasteiger partial charge in [-0.3, -0.25) is 4.79 Å². The molecule has 0 saturated carbocycles. The molecule has 1 amide bonds. The minimum Gasteiger partial charge on any atom is -0.478 e. The van der Waals surface area contributed by atoms with Crippen molar-refractivity contribution in [3.05, 3.63) is 81.5 Å². The predicted molar refractivity (Wildman–Crippen MR) is 140 cm³/mol. The van der Waals surface area contributed by atoms with Crippen LogP contribution in [0.2, 0.25) is 0 Å². The van der Waals surface area contributed by atoms with Gasteiger partial charge in [0.25, 0.3) is 0 Å². The van der Waals surface area contributed by atoms with E-state index in [1.807, 2.05) is 30.7 Å². The highest BCUT2D eigenvalue weighted by Crippen LogP contribution is 2.32. The standard InChI is InChI=1S/C29H34N4O2/c1-7-35-29-25(13-14-26(34)30-17-23-15-19(3)11-12-20(23)4)21(5)27-22(6)32-33(28(27)31-29)24-10-8-9-18(2)16-24/h8-12,15-16H,7,13-14,17H2,1-6H3,(H,30,34). The lowest BCUT2D eigenvalue weighted by molar-refractivity contribution is -0.121. The summed E-state index contributed by atoms with van der Waals surface area (Å²) >= 11 is 0. The third-order valence-electron chi connectivity index (χ3n) is 6.44. The maximum Gasteiger partial charge on any atom is 0.220 e. The molecule has 0 aliphatic carbocycles. The molecule has 2 aromatic carbocycles. The van der Waals surface area contributed by atoms with Crippen molar-refractivity contribution >= 4 is 16.9 Å². The molecular weight excluding hydrogens is 436 g/mol. The molecule has 35 heavy (non-hydrogen) atoms. The summed E-state index contributed by atoms with van der Waals surface area (Å²) in [7, 11) is 0. The molecule has 6 heteroatoms. The molecule has 0 fully saturated rings. The Morgan fingerprint density at radius 1 is 1.03 bits per heavy atom. The minimum absolute atomic E-state index is 0.0139. The largest absolute Gasteiger partial charge is 0.478 e. The summed E-state index contributed by atoms with van der Waals surface area (Å²) in [5.74, 6) is 0.591. The third kappa shape index (κ3) is 5.21. The molecule has 0 saturated heterocycles. The number of nitrogens with zero attached hydrogens (tertiary/aromatic N) is 3. The number of aromatic nitrogens is 3. The van der Waals surface area contributed by atoms with Crippen molar-refractivity contribution in [3.8, 4) is 11.6 Å². The SMILES string of the molecule is CCOc1nc2c(c(C)nn2-c2cccc(C)c2)c(C)c1CCC(=O)NCc1cc(C)ccc1C. The van der Waals surface area contributed by atoms with Crippen molar-refractivity contribution in [1.82, 2.24) is 20.1 Å². The van der Waals surface area contributed by atoms with Gasteiger partial charge >= 0.3 is 0 Å². The van der Waals surface area contributed by atoms with Gasteiger partial charge in [-0.05, 0) is 82.3 Å². The highest BCUT2D eigenvalue weighted by molar-refractivity contribution is 5.86. The third-order valence-corrected chi connectivity index (χ3v) is 6.44. The van der Waals surface area contributed by atoms with Gasteiger partial charge in [0.05, 0.1) is 18.0 Å². The van der Waals surface area contributed by atoms with Gasteiger partial charge in [0.15, 0.2) is 5.65 Å². The Morgan fingerprint density at radius 2 is 1.80 bits per heavy atom. The van der Waals surface area contributed by atoms with Gasteiger partial charge in [-0.15, -0.1) is 0 Å². The molecule has 0 spiro atoms. The number of pyridine rings is 1. The van der Waals surface area contributed by atoms with Crippen LogP contribution in [0.1, 0.15) is 52.4 Å². The van der Waals surface area contributed by atoms with Crippen LogP contribution in [0.5, 0.6) is 5.88 Å². The zero-order valence-corrected chi connectivity index (χ0v) is 21.5. The second kappa shape index (κ2) is 10.3. The molecule has 0 radical (unpaired) electrons. The molecule has 4 rings (SSSR count). The molecule has 0 aliphatic rings. The average molecular weight is 471 g/mol. The Bertz CT molecular complexity index is 1390. The maximum atomic E-state index is 12.7. The Hall–Kier alpha value is -3.67. The second-order valence-corrected chi connectivity index (χ2v) is 9.20. The summed E-state index contributed by atoms with van der Waals surface area (Å²) in [6.45, 7) is 13.3. The Balaban J connectivity index is 1.60. The fraction of sp³-hybridized carbons (Fsp3) is 0.345. The lowest BCUT2D eigenvalue weighted by atomic mass is 10.0. The van der Waals surface area contributed by atoms with Crippen molar-refractivity contribution in [2.45, 2.75) is 60.9 Å². The molecule has 6 nitrogen and oxygen atoms in total. The van der Waals surface area contributed by atoms with Gasteiger partial charge in [-0.2, -0.15) is 10.1 Å². The number of aryl methyl sites for hydroxylation is 5. The number of benzene rings is 2. The van der Waals surface area contributed by atoms with E-state index in [0.717, 1.165) is 44.7 Å². The molecule has 2 heterocycles. The number of amides is 1. The van der Waals surface area contributed by atoms with Crippen LogP contribution in [-0.2, 0) is 17.8 Å². The van der Waals surface area contributed by atoms with E-state index in [-0.39, 0.29) is 5.91 Å². The summed E-state index contributed by atoms with van der Waals surface area (Å²) in [5.41, 5.74) is 9.37. The highest BCUT2D eigenvalue weighted by atomic mass is 16.5. The van der Waals surface area contributed by atoms with E-state index in [4.69, 9.17) is 14.8 Å². The zero-order chi connectivity index (χ0) is 25.1. The Labute approximate surface area is 207 Å². The highest BCUT2D eigenvalue weighted by Gasteiger charge is 2.20. The van der Waals surface area contributed by atoms with E-state index in [9.17, 15) is 4.79 Å². The number of fused-ring (bicyclic) bond motifs is 1. The van der Waals surface area contributed by atoms with Crippen LogP contribution in [0.3, 0.4) is 0 Å². The van der Waals surface area contributed by atoms with Crippen molar-refractivity contribution < 1.29 is 9.53 Å². The molecule has 0 unspecified atom stereocenters. The van der Waals surface area contributed by atoms with Gasteiger partial charge < -0.3 is 10.1 Å². The van der Waals surface area contributed by atoms with E-state index in [2.05, 4.69) is 63.3 Å². The smallest absolute Gasteiger partial charge is 0.220 e. The summed E-state index contributed by atoms with van der Waals surface area (Å²) in [6, 6.07) is 14.5. The number of ether oxygens (including phenoxy) is 1. The first-order valence-electron chi connectivity index (χ1n) is 12.2. The molecule has 0 bridgehead atoms. The number of hydrogen-bond acceptors (Lipinski definition) is 4. The van der Waals surface area contributed by atoms with Gasteiger partial charge in [0.1, 0.15) is 0 Å². The van der Waals surface area contributed by atoms with Crippen LogP contribution in [0.25, 0.3) is 16.7 Å². The topological polar surface area (TPSA) is 69.0 Å². The van der Waals surface area contributed by atoms with E-state index in [0.29, 0.717) is 31.9 Å². The second-order valence-electron chi connectivity index (χ2n) is 9.20. The van der Waals surface area contributed by atoms with E-state index in [1.54, 1.807) is 0 Å². The first kappa shape index (κ1) is 24.5. The lowest BCUT2D eigenvalue weighted by Gasteiger charge is -2.14. The van der Waals surface area contributed by atoms with Crippen LogP contribution in [0.4, 0.5) is 0 Å². The fourth-order valence-electron chi connectivity index (χ4n) is 4.53. The van der Waals surface area contributed by atoms with Crippen LogP contribution >= 0.6 is 0 Å². The summed E-state index contributed by atoms with van der Waals surface area (Å²) in [5, 5.41) is 8.88. The Morgan fingerprint density at radius 3 is 2.54 bits per heavy atom. The van der Waals surface area contributed by atoms with E-state index >= 15 is 0 Å². The average Bonchev–Trinajstić information content (AvgIpc) is 3.16. The normalized spacial score (nSPS) is 11.1. The van der Waals surface area contributed by atoms with Crippen LogP contribution in [-0.4, -0.2) is 27.3 Å². The summed E-state index contributed by atoms with van der Waals surface area (Å²) in [4.78, 5) is 17.6. The van der Waals surface area contributed by atoms with Crippen LogP contribution in [0, 0.1) is 34.6 Å². The molecule has 1 N–H and O–H groups in total. The zero-order valence-electron chi connectivity index (χ0n) is 21.5. The van der Waals surface area contributed by atoms with Crippen molar-refractivity contribution in [2.24, 2.45) is 0 Å². The van der Waals surface area contributed by atoms with Crippen LogP contribution in [0.15, 0.2) is 42.5 Å².